The molecule has 0 aromatic heterocycles. The molecule has 1 aromatic carbocycles. The molecule has 2 rings (SSSR count). The van der Waals surface area contributed by atoms with Crippen LogP contribution in [0.1, 0.15) is 19.8 Å². The number of nitrogens with one attached hydrogen (secondary N) is 2. The van der Waals surface area contributed by atoms with E-state index in [1.807, 2.05) is 31.2 Å². The van der Waals surface area contributed by atoms with Crippen LogP contribution < -0.4 is 10.6 Å². The van der Waals surface area contributed by atoms with Crippen LogP contribution in [0.15, 0.2) is 24.3 Å². The molecule has 0 radical (unpaired) electrons. The first-order chi connectivity index (χ1) is 10.3. The van der Waals surface area contributed by atoms with Gasteiger partial charge < -0.3 is 15.4 Å². The molecular formula is C16H25N3O2. The lowest BCUT2D eigenvalue weighted by atomic mass is 10.2. The molecule has 0 unspecified atom stereocenters. The van der Waals surface area contributed by atoms with Gasteiger partial charge in [0.25, 0.3) is 0 Å². The van der Waals surface area contributed by atoms with Crippen LogP contribution in [0.25, 0.3) is 0 Å². The van der Waals surface area contributed by atoms with Crippen molar-refractivity contribution in [2.45, 2.75) is 19.8 Å². The van der Waals surface area contributed by atoms with Gasteiger partial charge in [-0.2, -0.15) is 0 Å². The molecule has 0 atom stereocenters. The summed E-state index contributed by atoms with van der Waals surface area (Å²) in [6.07, 6.45) is 1.44. The average molecular weight is 291 g/mol. The number of amides is 1. The molecule has 1 amide bonds. The van der Waals surface area contributed by atoms with Crippen molar-refractivity contribution < 1.29 is 9.53 Å². The van der Waals surface area contributed by atoms with Gasteiger partial charge in [-0.3, -0.25) is 9.69 Å². The number of hydrogen-bond donors (Lipinski definition) is 2. The van der Waals surface area contributed by atoms with Crippen molar-refractivity contribution >= 4 is 17.3 Å². The highest BCUT2D eigenvalue weighted by molar-refractivity contribution is 5.90. The third-order valence-corrected chi connectivity index (χ3v) is 3.51. The number of ether oxygens (including phenoxy) is 1. The second-order valence-corrected chi connectivity index (χ2v) is 5.26. The Kier molecular flexibility index (Phi) is 6.50. The number of carbonyl (C=O) groups is 1. The Morgan fingerprint density at radius 3 is 2.52 bits per heavy atom. The number of anilines is 2. The van der Waals surface area contributed by atoms with E-state index in [4.69, 9.17) is 4.74 Å². The number of nitrogens with zero attached hydrogens (tertiary/aromatic N) is 1. The molecule has 0 aliphatic carbocycles. The van der Waals surface area contributed by atoms with Crippen LogP contribution >= 0.6 is 0 Å². The highest BCUT2D eigenvalue weighted by atomic mass is 16.5. The summed E-state index contributed by atoms with van der Waals surface area (Å²) in [6, 6.07) is 7.87. The van der Waals surface area contributed by atoms with Crippen LogP contribution in [0.3, 0.4) is 0 Å². The van der Waals surface area contributed by atoms with Gasteiger partial charge in [0.05, 0.1) is 13.2 Å². The fourth-order valence-electron chi connectivity index (χ4n) is 2.31. The molecule has 1 fully saturated rings. The van der Waals surface area contributed by atoms with E-state index in [2.05, 4.69) is 15.5 Å². The molecule has 21 heavy (non-hydrogen) atoms. The molecule has 5 nitrogen and oxygen atoms in total. The maximum absolute atomic E-state index is 11.5. The van der Waals surface area contributed by atoms with E-state index in [1.165, 1.54) is 0 Å². The predicted octanol–water partition coefficient (Wildman–Crippen LogP) is 2.17. The Balaban J connectivity index is 1.70. The summed E-state index contributed by atoms with van der Waals surface area (Å²) >= 11 is 0. The number of carbonyl (C=O) groups excluding carboxylic acids is 1. The second-order valence-electron chi connectivity index (χ2n) is 5.26. The van der Waals surface area contributed by atoms with Crippen LogP contribution in [0.4, 0.5) is 11.4 Å². The highest BCUT2D eigenvalue weighted by Crippen LogP contribution is 2.13. The summed E-state index contributed by atoms with van der Waals surface area (Å²) in [5.41, 5.74) is 1.93. The summed E-state index contributed by atoms with van der Waals surface area (Å²) in [4.78, 5) is 13.9. The third kappa shape index (κ3) is 5.73. The fourth-order valence-corrected chi connectivity index (χ4v) is 2.31. The van der Waals surface area contributed by atoms with Crippen LogP contribution in [0.2, 0.25) is 0 Å². The summed E-state index contributed by atoms with van der Waals surface area (Å²) in [6.45, 7) is 7.66. The van der Waals surface area contributed by atoms with Gasteiger partial charge in [0.2, 0.25) is 5.91 Å². The smallest absolute Gasteiger partial charge is 0.224 e. The zero-order valence-electron chi connectivity index (χ0n) is 12.7. The molecule has 5 heteroatoms. The monoisotopic (exact) mass is 291 g/mol. The van der Waals surface area contributed by atoms with E-state index < -0.39 is 0 Å². The maximum Gasteiger partial charge on any atom is 0.224 e. The average Bonchev–Trinajstić information content (AvgIpc) is 2.50. The van der Waals surface area contributed by atoms with Gasteiger partial charge in [0, 0.05) is 44.0 Å². The van der Waals surface area contributed by atoms with Gasteiger partial charge in [0.15, 0.2) is 0 Å². The Morgan fingerprint density at radius 1 is 1.19 bits per heavy atom. The molecule has 1 saturated heterocycles. The Morgan fingerprint density at radius 2 is 1.86 bits per heavy atom. The largest absolute Gasteiger partial charge is 0.384 e. The van der Waals surface area contributed by atoms with E-state index in [-0.39, 0.29) is 5.91 Å². The Hall–Kier alpha value is -1.59. The lowest BCUT2D eigenvalue weighted by molar-refractivity contribution is -0.116. The number of hydrogen-bond acceptors (Lipinski definition) is 4. The molecular weight excluding hydrogens is 266 g/mol. The molecule has 2 N–H and O–H groups in total. The minimum atomic E-state index is 0.0746. The molecule has 0 saturated carbocycles. The van der Waals surface area contributed by atoms with E-state index in [0.717, 1.165) is 57.2 Å². The standard InChI is InChI=1S/C16H25N3O2/c1-2-3-16(20)18-15-6-4-14(5-7-15)17-8-9-19-10-12-21-13-11-19/h4-7,17H,2-3,8-13H2,1H3,(H,18,20). The first kappa shape index (κ1) is 15.8. The van der Waals surface area contributed by atoms with Crippen LogP contribution in [-0.2, 0) is 9.53 Å². The first-order valence-electron chi connectivity index (χ1n) is 7.72. The number of benzene rings is 1. The number of morpholine rings is 1. The van der Waals surface area contributed by atoms with Crippen molar-refractivity contribution in [1.82, 2.24) is 4.90 Å². The fraction of sp³-hybridized carbons (Fsp3) is 0.562. The maximum atomic E-state index is 11.5. The normalized spacial score (nSPS) is 15.7. The van der Waals surface area contributed by atoms with E-state index in [0.29, 0.717) is 6.42 Å². The quantitative estimate of drug-likeness (QED) is 0.808. The summed E-state index contributed by atoms with van der Waals surface area (Å²) in [7, 11) is 0. The minimum absolute atomic E-state index is 0.0746. The van der Waals surface area contributed by atoms with Crippen molar-refractivity contribution in [2.75, 3.05) is 50.0 Å². The van der Waals surface area contributed by atoms with Gasteiger partial charge in [-0.15, -0.1) is 0 Å². The van der Waals surface area contributed by atoms with Gasteiger partial charge in [-0.05, 0) is 30.7 Å². The molecule has 1 aliphatic rings. The lowest BCUT2D eigenvalue weighted by Crippen LogP contribution is -2.38. The summed E-state index contributed by atoms with van der Waals surface area (Å²) in [5.74, 6) is 0.0746. The van der Waals surface area contributed by atoms with Gasteiger partial charge in [-0.25, -0.2) is 0 Å². The van der Waals surface area contributed by atoms with Crippen molar-refractivity contribution in [3.63, 3.8) is 0 Å². The van der Waals surface area contributed by atoms with Crippen LogP contribution in [-0.4, -0.2) is 50.2 Å². The zero-order chi connectivity index (χ0) is 14.9. The Labute approximate surface area is 126 Å². The lowest BCUT2D eigenvalue weighted by Gasteiger charge is -2.26. The van der Waals surface area contributed by atoms with E-state index in [9.17, 15) is 4.79 Å². The molecule has 1 heterocycles. The molecule has 1 aromatic rings. The van der Waals surface area contributed by atoms with Crippen molar-refractivity contribution in [3.05, 3.63) is 24.3 Å². The van der Waals surface area contributed by atoms with Crippen LogP contribution in [0.5, 0.6) is 0 Å². The van der Waals surface area contributed by atoms with Crippen molar-refractivity contribution in [1.29, 1.82) is 0 Å². The van der Waals surface area contributed by atoms with Crippen molar-refractivity contribution in [3.8, 4) is 0 Å². The minimum Gasteiger partial charge on any atom is -0.384 e. The second kappa shape index (κ2) is 8.64. The third-order valence-electron chi connectivity index (χ3n) is 3.51. The van der Waals surface area contributed by atoms with E-state index >= 15 is 0 Å². The predicted molar refractivity (Wildman–Crippen MR) is 85.7 cm³/mol. The van der Waals surface area contributed by atoms with E-state index in [1.54, 1.807) is 0 Å². The van der Waals surface area contributed by atoms with Gasteiger partial charge >= 0.3 is 0 Å². The van der Waals surface area contributed by atoms with Crippen molar-refractivity contribution in [2.24, 2.45) is 0 Å². The highest BCUT2D eigenvalue weighted by Gasteiger charge is 2.09. The Bertz CT molecular complexity index is 428. The zero-order valence-corrected chi connectivity index (χ0v) is 12.7. The topological polar surface area (TPSA) is 53.6 Å². The van der Waals surface area contributed by atoms with Gasteiger partial charge in [0.1, 0.15) is 0 Å². The van der Waals surface area contributed by atoms with Crippen LogP contribution in [0, 0.1) is 0 Å². The van der Waals surface area contributed by atoms with Gasteiger partial charge in [-0.1, -0.05) is 6.92 Å². The molecule has 1 aliphatic heterocycles. The summed E-state index contributed by atoms with van der Waals surface area (Å²) in [5, 5.41) is 6.29. The molecule has 0 spiro atoms. The molecule has 0 bridgehead atoms. The summed E-state index contributed by atoms with van der Waals surface area (Å²) < 4.78 is 5.33. The SMILES string of the molecule is CCCC(=O)Nc1ccc(NCCN2CCOCC2)cc1. The number of rotatable bonds is 7. The molecule has 116 valence electrons. The first-order valence-corrected chi connectivity index (χ1v) is 7.72.